The smallest absolute Gasteiger partial charge is 0.314 e. The Kier molecular flexibility index (Phi) is 4.95. The molecule has 0 saturated heterocycles. The van der Waals surface area contributed by atoms with Crippen molar-refractivity contribution in [1.29, 1.82) is 0 Å². The summed E-state index contributed by atoms with van der Waals surface area (Å²) in [4.78, 5) is 12.1. The number of nitrogens with one attached hydrogen (secondary N) is 2. The van der Waals surface area contributed by atoms with Crippen LogP contribution in [-0.2, 0) is 12.8 Å². The second kappa shape index (κ2) is 7.68. The number of benzene rings is 2. The van der Waals surface area contributed by atoms with Crippen LogP contribution in [0.2, 0.25) is 0 Å². The van der Waals surface area contributed by atoms with Crippen LogP contribution in [0.1, 0.15) is 11.1 Å². The Labute approximate surface area is 153 Å². The molecule has 5 heteroatoms. The summed E-state index contributed by atoms with van der Waals surface area (Å²) in [6.45, 7) is 2.52. The summed E-state index contributed by atoms with van der Waals surface area (Å²) >= 11 is 0. The topological polar surface area (TPSA) is 59.6 Å². The van der Waals surface area contributed by atoms with E-state index in [1.54, 1.807) is 0 Å². The molecule has 0 saturated carbocycles. The largest absolute Gasteiger partial charge is 0.493 e. The number of ether oxygens (including phenoxy) is 2. The third kappa shape index (κ3) is 3.93. The number of para-hydroxylation sites is 2. The Hall–Kier alpha value is -2.69. The first-order valence-electron chi connectivity index (χ1n) is 9.21. The van der Waals surface area contributed by atoms with Crippen LogP contribution in [-0.4, -0.2) is 32.3 Å². The average molecular weight is 352 g/mol. The highest BCUT2D eigenvalue weighted by molar-refractivity contribution is 5.73. The summed E-state index contributed by atoms with van der Waals surface area (Å²) in [6.07, 6.45) is 1.87. The summed E-state index contributed by atoms with van der Waals surface area (Å²) in [5, 5.41) is 5.94. The van der Waals surface area contributed by atoms with Crippen LogP contribution in [0.25, 0.3) is 0 Å². The fourth-order valence-corrected chi connectivity index (χ4v) is 3.58. The van der Waals surface area contributed by atoms with Gasteiger partial charge >= 0.3 is 6.03 Å². The minimum atomic E-state index is -0.122. The molecule has 0 aliphatic carbocycles. The lowest BCUT2D eigenvalue weighted by molar-refractivity contribution is 0.203. The standard InChI is InChI=1S/C21H24N2O3/c24-21(22-11-15-9-17-5-1-3-7-19(17)25-13-15)23-12-16-10-18-6-2-4-8-20(18)26-14-16/h1-8,15-16H,9-14H2,(H2,22,23,24)/t15-,16-/m1/s1. The number of amides is 2. The van der Waals surface area contributed by atoms with Crippen molar-refractivity contribution in [3.63, 3.8) is 0 Å². The van der Waals surface area contributed by atoms with Crippen LogP contribution in [0.3, 0.4) is 0 Å². The van der Waals surface area contributed by atoms with Gasteiger partial charge in [0.05, 0.1) is 13.2 Å². The average Bonchev–Trinajstić information content (AvgIpc) is 2.70. The molecule has 2 amide bonds. The first-order valence-corrected chi connectivity index (χ1v) is 9.21. The van der Waals surface area contributed by atoms with Crippen molar-refractivity contribution in [3.8, 4) is 11.5 Å². The number of hydrogen-bond acceptors (Lipinski definition) is 3. The highest BCUT2D eigenvalue weighted by atomic mass is 16.5. The van der Waals surface area contributed by atoms with E-state index in [2.05, 4.69) is 22.8 Å². The van der Waals surface area contributed by atoms with Crippen molar-refractivity contribution in [2.24, 2.45) is 11.8 Å². The second-order valence-corrected chi connectivity index (χ2v) is 7.07. The normalized spacial score (nSPS) is 20.8. The molecule has 0 aromatic heterocycles. The van der Waals surface area contributed by atoms with E-state index in [0.717, 1.165) is 24.3 Å². The van der Waals surface area contributed by atoms with Crippen LogP contribution < -0.4 is 20.1 Å². The minimum absolute atomic E-state index is 0.122. The number of rotatable bonds is 4. The van der Waals surface area contributed by atoms with Crippen molar-refractivity contribution in [3.05, 3.63) is 59.7 Å². The molecule has 2 aliphatic heterocycles. The van der Waals surface area contributed by atoms with E-state index >= 15 is 0 Å². The van der Waals surface area contributed by atoms with Gasteiger partial charge in [-0.3, -0.25) is 0 Å². The summed E-state index contributed by atoms with van der Waals surface area (Å²) in [7, 11) is 0. The first kappa shape index (κ1) is 16.8. The second-order valence-electron chi connectivity index (χ2n) is 7.07. The first-order chi connectivity index (χ1) is 12.8. The SMILES string of the molecule is O=C(NC[C@@H]1COc2ccccc2C1)NC[C@@H]1COc2ccccc2C1. The number of urea groups is 1. The van der Waals surface area contributed by atoms with Gasteiger partial charge in [-0.1, -0.05) is 36.4 Å². The molecule has 2 atom stereocenters. The fraction of sp³-hybridized carbons (Fsp3) is 0.381. The van der Waals surface area contributed by atoms with Crippen LogP contribution in [0.4, 0.5) is 4.79 Å². The van der Waals surface area contributed by atoms with E-state index in [1.165, 1.54) is 11.1 Å². The van der Waals surface area contributed by atoms with Crippen molar-refractivity contribution in [2.75, 3.05) is 26.3 Å². The molecule has 5 nitrogen and oxygen atoms in total. The molecular formula is C21H24N2O3. The van der Waals surface area contributed by atoms with Gasteiger partial charge in [0, 0.05) is 24.9 Å². The van der Waals surface area contributed by atoms with Crippen molar-refractivity contribution < 1.29 is 14.3 Å². The molecule has 4 rings (SSSR count). The maximum Gasteiger partial charge on any atom is 0.314 e. The molecule has 0 bridgehead atoms. The third-order valence-electron chi connectivity index (χ3n) is 5.01. The Balaban J connectivity index is 1.20. The highest BCUT2D eigenvalue weighted by Gasteiger charge is 2.22. The van der Waals surface area contributed by atoms with E-state index in [9.17, 15) is 4.79 Å². The molecular weight excluding hydrogens is 328 g/mol. The molecule has 2 heterocycles. The lowest BCUT2D eigenvalue weighted by Gasteiger charge is -2.26. The number of fused-ring (bicyclic) bond motifs is 2. The van der Waals surface area contributed by atoms with Crippen molar-refractivity contribution in [1.82, 2.24) is 10.6 Å². The monoisotopic (exact) mass is 352 g/mol. The number of carbonyl (C=O) groups is 1. The molecule has 0 unspecified atom stereocenters. The molecule has 2 aromatic carbocycles. The summed E-state index contributed by atoms with van der Waals surface area (Å²) in [5.41, 5.74) is 2.42. The zero-order chi connectivity index (χ0) is 17.8. The lowest BCUT2D eigenvalue weighted by Crippen LogP contribution is -2.43. The van der Waals surface area contributed by atoms with Crippen LogP contribution in [0.15, 0.2) is 48.5 Å². The van der Waals surface area contributed by atoms with E-state index in [0.29, 0.717) is 38.1 Å². The number of hydrogen-bond donors (Lipinski definition) is 2. The summed E-state index contributed by atoms with van der Waals surface area (Å²) in [5.74, 6) is 2.54. The van der Waals surface area contributed by atoms with Gasteiger partial charge in [-0.15, -0.1) is 0 Å². The zero-order valence-corrected chi connectivity index (χ0v) is 14.7. The number of carbonyl (C=O) groups excluding carboxylic acids is 1. The molecule has 0 fully saturated rings. The summed E-state index contributed by atoms with van der Waals surface area (Å²) < 4.78 is 11.5. The van der Waals surface area contributed by atoms with Gasteiger partial charge in [0.15, 0.2) is 0 Å². The fourth-order valence-electron chi connectivity index (χ4n) is 3.58. The predicted octanol–water partition coefficient (Wildman–Crippen LogP) is 2.79. The van der Waals surface area contributed by atoms with Gasteiger partial charge in [-0.2, -0.15) is 0 Å². The van der Waals surface area contributed by atoms with E-state index < -0.39 is 0 Å². The lowest BCUT2D eigenvalue weighted by atomic mass is 9.96. The molecule has 136 valence electrons. The quantitative estimate of drug-likeness (QED) is 0.890. The van der Waals surface area contributed by atoms with Crippen LogP contribution >= 0.6 is 0 Å². The predicted molar refractivity (Wildman–Crippen MR) is 99.7 cm³/mol. The van der Waals surface area contributed by atoms with Crippen LogP contribution in [0.5, 0.6) is 11.5 Å². The Morgan fingerprint density at radius 3 is 1.77 bits per heavy atom. The van der Waals surface area contributed by atoms with E-state index in [1.807, 2.05) is 36.4 Å². The molecule has 0 radical (unpaired) electrons. The van der Waals surface area contributed by atoms with Gasteiger partial charge in [0.1, 0.15) is 11.5 Å². The maximum absolute atomic E-state index is 12.1. The highest BCUT2D eigenvalue weighted by Crippen LogP contribution is 2.27. The molecule has 2 aromatic rings. The minimum Gasteiger partial charge on any atom is -0.493 e. The zero-order valence-electron chi connectivity index (χ0n) is 14.7. The Morgan fingerprint density at radius 2 is 1.27 bits per heavy atom. The van der Waals surface area contributed by atoms with Gasteiger partial charge < -0.3 is 20.1 Å². The van der Waals surface area contributed by atoms with E-state index in [-0.39, 0.29) is 6.03 Å². The van der Waals surface area contributed by atoms with Gasteiger partial charge in [-0.05, 0) is 36.1 Å². The Bertz CT molecular complexity index is 714. The van der Waals surface area contributed by atoms with Crippen LogP contribution in [0, 0.1) is 11.8 Å². The Morgan fingerprint density at radius 1 is 0.808 bits per heavy atom. The maximum atomic E-state index is 12.1. The van der Waals surface area contributed by atoms with Gasteiger partial charge in [-0.25, -0.2) is 4.79 Å². The van der Waals surface area contributed by atoms with Gasteiger partial charge in [0.25, 0.3) is 0 Å². The van der Waals surface area contributed by atoms with E-state index in [4.69, 9.17) is 9.47 Å². The molecule has 2 N–H and O–H groups in total. The van der Waals surface area contributed by atoms with Crippen molar-refractivity contribution >= 4 is 6.03 Å². The van der Waals surface area contributed by atoms with Crippen molar-refractivity contribution in [2.45, 2.75) is 12.8 Å². The molecule has 2 aliphatic rings. The third-order valence-corrected chi connectivity index (χ3v) is 5.01. The van der Waals surface area contributed by atoms with Gasteiger partial charge in [0.2, 0.25) is 0 Å². The molecule has 26 heavy (non-hydrogen) atoms. The molecule has 0 spiro atoms. The summed E-state index contributed by atoms with van der Waals surface area (Å²) in [6, 6.07) is 16.1.